The molecule has 0 bridgehead atoms. The fraction of sp³-hybridized carbons (Fsp3) is 0.300. The highest BCUT2D eigenvalue weighted by molar-refractivity contribution is 9.10. The van der Waals surface area contributed by atoms with Gasteiger partial charge >= 0.3 is 5.97 Å². The van der Waals surface area contributed by atoms with E-state index in [2.05, 4.69) is 20.7 Å². The van der Waals surface area contributed by atoms with Crippen LogP contribution in [-0.2, 0) is 9.53 Å². The molecule has 1 atom stereocenters. The molecule has 14 heavy (non-hydrogen) atoms. The molecular formula is C10H10BrFO2. The van der Waals surface area contributed by atoms with E-state index >= 15 is 0 Å². The van der Waals surface area contributed by atoms with E-state index in [9.17, 15) is 9.18 Å². The summed E-state index contributed by atoms with van der Waals surface area (Å²) in [6.07, 6.45) is 0. The first-order chi connectivity index (χ1) is 6.56. The highest BCUT2D eigenvalue weighted by Crippen LogP contribution is 2.23. The molecule has 0 spiro atoms. The maximum Gasteiger partial charge on any atom is 0.312 e. The van der Waals surface area contributed by atoms with Gasteiger partial charge in [0.05, 0.1) is 13.0 Å². The Bertz CT molecular complexity index is 352. The molecule has 1 rings (SSSR count). The van der Waals surface area contributed by atoms with Gasteiger partial charge in [-0.2, -0.15) is 0 Å². The van der Waals surface area contributed by atoms with E-state index in [1.807, 2.05) is 0 Å². The number of carbonyl (C=O) groups is 1. The highest BCUT2D eigenvalue weighted by atomic mass is 79.9. The van der Waals surface area contributed by atoms with Crippen LogP contribution in [0.15, 0.2) is 22.7 Å². The Morgan fingerprint density at radius 2 is 2.21 bits per heavy atom. The van der Waals surface area contributed by atoms with Gasteiger partial charge in [-0.25, -0.2) is 4.39 Å². The fourth-order valence-electron chi connectivity index (χ4n) is 1.16. The van der Waals surface area contributed by atoms with Gasteiger partial charge in [-0.3, -0.25) is 4.79 Å². The summed E-state index contributed by atoms with van der Waals surface area (Å²) in [5.41, 5.74) is 0.347. The molecule has 1 unspecified atom stereocenters. The van der Waals surface area contributed by atoms with Gasteiger partial charge in [-0.1, -0.05) is 22.0 Å². The van der Waals surface area contributed by atoms with Crippen molar-refractivity contribution in [3.05, 3.63) is 34.1 Å². The lowest BCUT2D eigenvalue weighted by atomic mass is 10.0. The molecule has 0 N–H and O–H groups in total. The molecule has 0 saturated heterocycles. The van der Waals surface area contributed by atoms with Gasteiger partial charge in [0.25, 0.3) is 0 Å². The molecule has 0 aliphatic rings. The van der Waals surface area contributed by atoms with Crippen LogP contribution in [0, 0.1) is 5.82 Å². The van der Waals surface area contributed by atoms with Crippen molar-refractivity contribution in [1.82, 2.24) is 0 Å². The van der Waals surface area contributed by atoms with Crippen LogP contribution >= 0.6 is 15.9 Å². The van der Waals surface area contributed by atoms with Crippen molar-refractivity contribution >= 4 is 21.9 Å². The van der Waals surface area contributed by atoms with E-state index in [4.69, 9.17) is 0 Å². The van der Waals surface area contributed by atoms with Crippen molar-refractivity contribution in [2.75, 3.05) is 7.11 Å². The van der Waals surface area contributed by atoms with Crippen LogP contribution in [-0.4, -0.2) is 13.1 Å². The Morgan fingerprint density at radius 1 is 1.57 bits per heavy atom. The van der Waals surface area contributed by atoms with E-state index in [1.165, 1.54) is 13.2 Å². The molecule has 0 heterocycles. The van der Waals surface area contributed by atoms with E-state index < -0.39 is 17.7 Å². The number of rotatable bonds is 2. The quantitative estimate of drug-likeness (QED) is 0.765. The second kappa shape index (κ2) is 4.55. The topological polar surface area (TPSA) is 26.3 Å². The van der Waals surface area contributed by atoms with E-state index in [1.54, 1.807) is 19.1 Å². The van der Waals surface area contributed by atoms with Crippen molar-refractivity contribution in [3.63, 3.8) is 0 Å². The fourth-order valence-corrected chi connectivity index (χ4v) is 1.49. The second-order valence-corrected chi connectivity index (χ2v) is 3.83. The van der Waals surface area contributed by atoms with Gasteiger partial charge in [0.2, 0.25) is 0 Å². The zero-order valence-corrected chi connectivity index (χ0v) is 9.47. The molecule has 2 nitrogen and oxygen atoms in total. The molecule has 4 heteroatoms. The Hall–Kier alpha value is -0.900. The van der Waals surface area contributed by atoms with Crippen LogP contribution in [0.4, 0.5) is 4.39 Å². The van der Waals surface area contributed by atoms with Gasteiger partial charge in [0, 0.05) is 10.0 Å². The van der Waals surface area contributed by atoms with Gasteiger partial charge in [-0.05, 0) is 19.1 Å². The zero-order valence-electron chi connectivity index (χ0n) is 7.88. The third-order valence-electron chi connectivity index (χ3n) is 1.98. The molecule has 0 aromatic heterocycles. The van der Waals surface area contributed by atoms with E-state index in [-0.39, 0.29) is 0 Å². The van der Waals surface area contributed by atoms with Crippen molar-refractivity contribution < 1.29 is 13.9 Å². The Morgan fingerprint density at radius 3 is 2.71 bits per heavy atom. The molecule has 0 saturated carbocycles. The lowest BCUT2D eigenvalue weighted by Crippen LogP contribution is -2.12. The Kier molecular flexibility index (Phi) is 3.63. The summed E-state index contributed by atoms with van der Waals surface area (Å²) < 4.78 is 18.5. The summed E-state index contributed by atoms with van der Waals surface area (Å²) in [5, 5.41) is 0. The van der Waals surface area contributed by atoms with Crippen LogP contribution < -0.4 is 0 Å². The number of halogens is 2. The van der Waals surface area contributed by atoms with Gasteiger partial charge < -0.3 is 4.74 Å². The maximum atomic E-state index is 13.4. The summed E-state index contributed by atoms with van der Waals surface area (Å²) in [7, 11) is 1.29. The molecule has 1 aromatic carbocycles. The first kappa shape index (κ1) is 11.2. The summed E-state index contributed by atoms with van der Waals surface area (Å²) in [5.74, 6) is -1.42. The summed E-state index contributed by atoms with van der Waals surface area (Å²) in [6.45, 7) is 1.61. The van der Waals surface area contributed by atoms with E-state index in [0.29, 0.717) is 10.0 Å². The Labute approximate surface area is 90.2 Å². The molecule has 0 fully saturated rings. The second-order valence-electron chi connectivity index (χ2n) is 2.91. The lowest BCUT2D eigenvalue weighted by molar-refractivity contribution is -0.142. The smallest absolute Gasteiger partial charge is 0.312 e. The molecule has 0 aliphatic heterocycles. The van der Waals surface area contributed by atoms with Crippen molar-refractivity contribution in [1.29, 1.82) is 0 Å². The van der Waals surface area contributed by atoms with Gasteiger partial charge in [0.1, 0.15) is 5.82 Å². The number of carbonyl (C=O) groups excluding carboxylic acids is 1. The van der Waals surface area contributed by atoms with Crippen molar-refractivity contribution in [3.8, 4) is 0 Å². The maximum absolute atomic E-state index is 13.4. The standard InChI is InChI=1S/C10H10BrFO2/c1-6(10(13)14-2)8-4-3-7(11)5-9(8)12/h3-6H,1-2H3. The molecule has 0 aliphatic carbocycles. The zero-order chi connectivity index (χ0) is 10.7. The summed E-state index contributed by atoms with van der Waals surface area (Å²) in [4.78, 5) is 11.1. The minimum absolute atomic E-state index is 0.347. The monoisotopic (exact) mass is 260 g/mol. The number of hydrogen-bond donors (Lipinski definition) is 0. The predicted octanol–water partition coefficient (Wildman–Crippen LogP) is 2.86. The third-order valence-corrected chi connectivity index (χ3v) is 2.48. The Balaban J connectivity index is 3.01. The summed E-state index contributed by atoms with van der Waals surface area (Å²) >= 11 is 3.14. The van der Waals surface area contributed by atoms with Crippen molar-refractivity contribution in [2.24, 2.45) is 0 Å². The number of benzene rings is 1. The molecule has 0 amide bonds. The number of methoxy groups -OCH3 is 1. The van der Waals surface area contributed by atoms with Crippen LogP contribution in [0.1, 0.15) is 18.4 Å². The number of esters is 1. The minimum Gasteiger partial charge on any atom is -0.469 e. The van der Waals surface area contributed by atoms with Crippen LogP contribution in [0.25, 0.3) is 0 Å². The first-order valence-electron chi connectivity index (χ1n) is 4.09. The highest BCUT2D eigenvalue weighted by Gasteiger charge is 2.19. The number of hydrogen-bond acceptors (Lipinski definition) is 2. The largest absolute Gasteiger partial charge is 0.469 e. The number of ether oxygens (including phenoxy) is 1. The lowest BCUT2D eigenvalue weighted by Gasteiger charge is -2.10. The minimum atomic E-state index is -0.576. The SMILES string of the molecule is COC(=O)C(C)c1ccc(Br)cc1F. The normalized spacial score (nSPS) is 12.3. The molecular weight excluding hydrogens is 251 g/mol. The average Bonchev–Trinajstić information content (AvgIpc) is 2.15. The molecule has 0 radical (unpaired) electrons. The van der Waals surface area contributed by atoms with Crippen LogP contribution in [0.3, 0.4) is 0 Å². The van der Waals surface area contributed by atoms with Gasteiger partial charge in [0.15, 0.2) is 0 Å². The molecule has 1 aromatic rings. The average molecular weight is 261 g/mol. The summed E-state index contributed by atoms with van der Waals surface area (Å²) in [6, 6.07) is 4.59. The van der Waals surface area contributed by atoms with E-state index in [0.717, 1.165) is 0 Å². The van der Waals surface area contributed by atoms with Gasteiger partial charge in [-0.15, -0.1) is 0 Å². The molecule has 76 valence electrons. The van der Waals surface area contributed by atoms with Crippen LogP contribution in [0.2, 0.25) is 0 Å². The first-order valence-corrected chi connectivity index (χ1v) is 4.88. The van der Waals surface area contributed by atoms with Crippen molar-refractivity contribution in [2.45, 2.75) is 12.8 Å². The van der Waals surface area contributed by atoms with Crippen LogP contribution in [0.5, 0.6) is 0 Å². The third kappa shape index (κ3) is 2.32. The predicted molar refractivity (Wildman–Crippen MR) is 54.5 cm³/mol.